The molecule has 0 fully saturated rings. The van der Waals surface area contributed by atoms with Gasteiger partial charge in [-0.2, -0.15) is 0 Å². The minimum absolute atomic E-state index is 0.171. The summed E-state index contributed by atoms with van der Waals surface area (Å²) in [7, 11) is 1.53. The van der Waals surface area contributed by atoms with Gasteiger partial charge in [-0.25, -0.2) is 4.98 Å². The van der Waals surface area contributed by atoms with Crippen molar-refractivity contribution in [1.82, 2.24) is 4.98 Å². The van der Waals surface area contributed by atoms with E-state index in [1.807, 2.05) is 0 Å². The molecule has 100 valence electrons. The van der Waals surface area contributed by atoms with Crippen LogP contribution in [0.25, 0.3) is 11.3 Å². The number of benzene rings is 1. The molecule has 2 rings (SSSR count). The highest BCUT2D eigenvalue weighted by molar-refractivity contribution is 6.49. The Labute approximate surface area is 125 Å². The Kier molecular flexibility index (Phi) is 4.53. The van der Waals surface area contributed by atoms with Gasteiger partial charge in [0.2, 0.25) is 0 Å². The molecular weight excluding hydrogens is 309 g/mol. The van der Waals surface area contributed by atoms with Crippen molar-refractivity contribution in [1.29, 1.82) is 0 Å². The molecule has 6 heteroatoms. The van der Waals surface area contributed by atoms with Crippen molar-refractivity contribution in [3.05, 3.63) is 45.0 Å². The van der Waals surface area contributed by atoms with Gasteiger partial charge in [0.25, 0.3) is 0 Å². The Morgan fingerprint density at radius 1 is 1.11 bits per heavy atom. The van der Waals surface area contributed by atoms with Gasteiger partial charge in [0.15, 0.2) is 0 Å². The molecule has 0 atom stereocenters. The van der Waals surface area contributed by atoms with E-state index in [9.17, 15) is 0 Å². The van der Waals surface area contributed by atoms with Gasteiger partial charge in [-0.05, 0) is 24.3 Å². The summed E-state index contributed by atoms with van der Waals surface area (Å²) in [4.78, 5) is 4.30. The summed E-state index contributed by atoms with van der Waals surface area (Å²) in [6, 6.07) is 6.74. The average Bonchev–Trinajstić information content (AvgIpc) is 2.44. The van der Waals surface area contributed by atoms with Crippen molar-refractivity contribution in [3.8, 4) is 17.0 Å². The Hall–Kier alpha value is -1.000. The number of halogens is 3. The topological polar surface area (TPSA) is 42.4 Å². The number of aliphatic hydroxyl groups is 1. The first-order chi connectivity index (χ1) is 9.08. The van der Waals surface area contributed by atoms with Crippen LogP contribution >= 0.6 is 34.8 Å². The molecule has 1 aromatic carbocycles. The van der Waals surface area contributed by atoms with Crippen LogP contribution in [0.5, 0.6) is 5.75 Å². The normalized spacial score (nSPS) is 10.6. The Bertz CT molecular complexity index is 617. The minimum Gasteiger partial charge on any atom is -0.494 e. The van der Waals surface area contributed by atoms with Gasteiger partial charge < -0.3 is 9.84 Å². The Morgan fingerprint density at radius 3 is 2.47 bits per heavy atom. The third kappa shape index (κ3) is 2.79. The maximum atomic E-state index is 9.16. The fraction of sp³-hybridized carbons (Fsp3) is 0.154. The van der Waals surface area contributed by atoms with Gasteiger partial charge in [0, 0.05) is 5.56 Å². The van der Waals surface area contributed by atoms with Crippen molar-refractivity contribution in [2.24, 2.45) is 0 Å². The van der Waals surface area contributed by atoms with Crippen molar-refractivity contribution in [2.45, 2.75) is 6.61 Å². The van der Waals surface area contributed by atoms with E-state index in [2.05, 4.69) is 4.98 Å². The van der Waals surface area contributed by atoms with E-state index in [4.69, 9.17) is 44.6 Å². The number of pyridine rings is 1. The number of aromatic nitrogens is 1. The summed E-state index contributed by atoms with van der Waals surface area (Å²) in [5.41, 5.74) is 1.62. The largest absolute Gasteiger partial charge is 0.494 e. The van der Waals surface area contributed by atoms with E-state index in [0.29, 0.717) is 32.7 Å². The maximum absolute atomic E-state index is 9.16. The fourth-order valence-corrected chi connectivity index (χ4v) is 2.27. The molecule has 0 aliphatic carbocycles. The molecule has 1 aromatic heterocycles. The predicted octanol–water partition coefficient (Wildman–Crippen LogP) is 4.21. The van der Waals surface area contributed by atoms with Gasteiger partial charge in [-0.1, -0.05) is 34.8 Å². The number of aliphatic hydroxyl groups excluding tert-OH is 1. The summed E-state index contributed by atoms with van der Waals surface area (Å²) in [6.45, 7) is -0.171. The highest BCUT2D eigenvalue weighted by Gasteiger charge is 2.16. The highest BCUT2D eigenvalue weighted by Crippen LogP contribution is 2.40. The van der Waals surface area contributed by atoms with Gasteiger partial charge in [0.05, 0.1) is 34.5 Å². The van der Waals surface area contributed by atoms with E-state index in [0.717, 1.165) is 0 Å². The first-order valence-corrected chi connectivity index (χ1v) is 6.50. The number of rotatable bonds is 3. The number of nitrogens with zero attached hydrogens (tertiary/aromatic N) is 1. The highest BCUT2D eigenvalue weighted by atomic mass is 35.5. The zero-order valence-corrected chi connectivity index (χ0v) is 12.2. The van der Waals surface area contributed by atoms with Crippen LogP contribution in [0.1, 0.15) is 5.69 Å². The average molecular weight is 319 g/mol. The fourth-order valence-electron chi connectivity index (χ4n) is 1.64. The van der Waals surface area contributed by atoms with E-state index >= 15 is 0 Å². The maximum Gasteiger partial charge on any atom is 0.145 e. The summed E-state index contributed by atoms with van der Waals surface area (Å²) >= 11 is 18.1. The van der Waals surface area contributed by atoms with Crippen LogP contribution in [-0.4, -0.2) is 17.2 Å². The number of hydrogen-bond acceptors (Lipinski definition) is 3. The van der Waals surface area contributed by atoms with Gasteiger partial charge in [0.1, 0.15) is 11.4 Å². The molecular formula is C13H10Cl3NO2. The van der Waals surface area contributed by atoms with Gasteiger partial charge in [-0.15, -0.1) is 0 Å². The lowest BCUT2D eigenvalue weighted by atomic mass is 10.1. The van der Waals surface area contributed by atoms with Gasteiger partial charge in [-0.3, -0.25) is 0 Å². The zero-order chi connectivity index (χ0) is 14.0. The Morgan fingerprint density at radius 2 is 1.84 bits per heavy atom. The van der Waals surface area contributed by atoms with E-state index in [1.54, 1.807) is 24.3 Å². The first kappa shape index (κ1) is 14.4. The molecule has 0 unspecified atom stereocenters. The van der Waals surface area contributed by atoms with E-state index in [-0.39, 0.29) is 11.6 Å². The van der Waals surface area contributed by atoms with Crippen molar-refractivity contribution >= 4 is 34.8 Å². The molecule has 1 N–H and O–H groups in total. The van der Waals surface area contributed by atoms with E-state index < -0.39 is 0 Å². The predicted molar refractivity (Wildman–Crippen MR) is 77.2 cm³/mol. The first-order valence-electron chi connectivity index (χ1n) is 5.37. The van der Waals surface area contributed by atoms with Crippen LogP contribution < -0.4 is 4.74 Å². The lowest BCUT2D eigenvalue weighted by molar-refractivity contribution is 0.276. The van der Waals surface area contributed by atoms with Crippen LogP contribution in [0.2, 0.25) is 15.1 Å². The molecule has 0 aliphatic heterocycles. The summed E-state index contributed by atoms with van der Waals surface area (Å²) in [5.74, 6) is 0.539. The molecule has 1 heterocycles. The number of methoxy groups -OCH3 is 1. The molecule has 0 bridgehead atoms. The van der Waals surface area contributed by atoms with Crippen molar-refractivity contribution < 1.29 is 9.84 Å². The molecule has 0 saturated carbocycles. The second kappa shape index (κ2) is 5.97. The van der Waals surface area contributed by atoms with E-state index in [1.165, 1.54) is 7.11 Å². The van der Waals surface area contributed by atoms with Crippen LogP contribution in [0.4, 0.5) is 0 Å². The summed E-state index contributed by atoms with van der Waals surface area (Å²) < 4.78 is 5.25. The molecule has 19 heavy (non-hydrogen) atoms. The smallest absolute Gasteiger partial charge is 0.145 e. The molecule has 0 saturated heterocycles. The lowest BCUT2D eigenvalue weighted by Gasteiger charge is -2.12. The van der Waals surface area contributed by atoms with Crippen LogP contribution in [0, 0.1) is 0 Å². The lowest BCUT2D eigenvalue weighted by Crippen LogP contribution is -1.97. The number of hydrogen-bond donors (Lipinski definition) is 1. The molecule has 0 aliphatic rings. The van der Waals surface area contributed by atoms with Crippen molar-refractivity contribution in [3.63, 3.8) is 0 Å². The van der Waals surface area contributed by atoms with Crippen LogP contribution in [0.3, 0.4) is 0 Å². The SMILES string of the molecule is COc1ccc(CO)nc1-c1ccc(Cl)c(Cl)c1Cl. The molecule has 2 aromatic rings. The van der Waals surface area contributed by atoms with Crippen molar-refractivity contribution in [2.75, 3.05) is 7.11 Å². The van der Waals surface area contributed by atoms with Gasteiger partial charge >= 0.3 is 0 Å². The quantitative estimate of drug-likeness (QED) is 0.862. The third-order valence-corrected chi connectivity index (χ3v) is 3.88. The molecule has 0 radical (unpaired) electrons. The second-order valence-electron chi connectivity index (χ2n) is 3.73. The van der Waals surface area contributed by atoms with Crippen LogP contribution in [0.15, 0.2) is 24.3 Å². The molecule has 0 amide bonds. The molecule has 0 spiro atoms. The number of ether oxygens (including phenoxy) is 1. The second-order valence-corrected chi connectivity index (χ2v) is 4.90. The minimum atomic E-state index is -0.171. The standard InChI is InChI=1S/C13H10Cl3NO2/c1-19-10-5-2-7(6-18)17-13(10)8-3-4-9(14)12(16)11(8)15/h2-5,18H,6H2,1H3. The zero-order valence-electron chi connectivity index (χ0n) is 9.95. The Balaban J connectivity index is 2.67. The molecule has 3 nitrogen and oxygen atoms in total. The van der Waals surface area contributed by atoms with Crippen LogP contribution in [-0.2, 0) is 6.61 Å². The third-order valence-electron chi connectivity index (χ3n) is 2.59. The summed E-state index contributed by atoms with van der Waals surface area (Å²) in [5, 5.41) is 10.1. The monoisotopic (exact) mass is 317 g/mol. The summed E-state index contributed by atoms with van der Waals surface area (Å²) in [6.07, 6.45) is 0.